The molecule has 0 bridgehead atoms. The fraction of sp³-hybridized carbons (Fsp3) is 0.167. The van der Waals surface area contributed by atoms with Crippen LogP contribution in [0, 0.1) is 5.82 Å². The molecule has 0 fully saturated rings. The molecule has 0 aliphatic rings. The Bertz CT molecular complexity index is 579. The number of anilines is 1. The zero-order valence-corrected chi connectivity index (χ0v) is 10.7. The van der Waals surface area contributed by atoms with Crippen LogP contribution in [0.2, 0.25) is 0 Å². The molecule has 2 aromatic rings. The van der Waals surface area contributed by atoms with Gasteiger partial charge in [-0.15, -0.1) is 0 Å². The van der Waals surface area contributed by atoms with Crippen molar-refractivity contribution >= 4 is 22.9 Å². The highest BCUT2D eigenvalue weighted by atomic mass is 32.1. The van der Waals surface area contributed by atoms with Gasteiger partial charge in [0.2, 0.25) is 0 Å². The maximum Gasteiger partial charge on any atom is 0.135 e. The molecule has 1 aromatic heterocycles. The number of nitrogens with one attached hydrogen (secondary N) is 1. The predicted molar refractivity (Wildman–Crippen MR) is 72.8 cm³/mol. The van der Waals surface area contributed by atoms with E-state index >= 15 is 0 Å². The summed E-state index contributed by atoms with van der Waals surface area (Å²) in [6.07, 6.45) is 3.65. The second-order valence-corrected chi connectivity index (χ2v) is 4.37. The SMILES string of the molecule is Cn1cc(CNc2ccc(C(N)=S)c(F)c2)cn1. The van der Waals surface area contributed by atoms with Crippen molar-refractivity contribution in [3.05, 3.63) is 47.5 Å². The molecule has 0 saturated heterocycles. The number of benzene rings is 1. The summed E-state index contributed by atoms with van der Waals surface area (Å²) < 4.78 is 15.3. The summed E-state index contributed by atoms with van der Waals surface area (Å²) >= 11 is 4.74. The summed E-state index contributed by atoms with van der Waals surface area (Å²) in [5.74, 6) is -0.418. The van der Waals surface area contributed by atoms with E-state index in [-0.39, 0.29) is 10.6 Å². The molecule has 0 atom stereocenters. The number of thiocarbonyl (C=S) groups is 1. The molecular formula is C12H13FN4S. The quantitative estimate of drug-likeness (QED) is 0.827. The topological polar surface area (TPSA) is 55.9 Å². The van der Waals surface area contributed by atoms with Crippen molar-refractivity contribution in [2.45, 2.75) is 6.54 Å². The van der Waals surface area contributed by atoms with E-state index < -0.39 is 5.82 Å². The van der Waals surface area contributed by atoms with Crippen molar-refractivity contribution in [3.63, 3.8) is 0 Å². The molecule has 0 amide bonds. The third-order valence-electron chi connectivity index (χ3n) is 2.49. The molecule has 0 radical (unpaired) electrons. The molecule has 2 rings (SSSR count). The van der Waals surface area contributed by atoms with E-state index in [1.54, 1.807) is 23.0 Å². The monoisotopic (exact) mass is 264 g/mol. The molecule has 18 heavy (non-hydrogen) atoms. The number of aryl methyl sites for hydroxylation is 1. The maximum absolute atomic E-state index is 13.6. The Hall–Kier alpha value is -1.95. The average Bonchev–Trinajstić information content (AvgIpc) is 2.72. The Morgan fingerprint density at radius 1 is 1.56 bits per heavy atom. The first kappa shape index (κ1) is 12.5. The van der Waals surface area contributed by atoms with Crippen LogP contribution >= 0.6 is 12.2 Å². The van der Waals surface area contributed by atoms with E-state index in [1.807, 2.05) is 13.2 Å². The molecule has 94 valence electrons. The summed E-state index contributed by atoms with van der Waals surface area (Å²) in [5, 5.41) is 7.16. The molecule has 1 aromatic carbocycles. The lowest BCUT2D eigenvalue weighted by molar-refractivity contribution is 0.626. The molecule has 0 aliphatic heterocycles. The first-order valence-corrected chi connectivity index (χ1v) is 5.78. The lowest BCUT2D eigenvalue weighted by atomic mass is 10.2. The van der Waals surface area contributed by atoms with E-state index in [1.165, 1.54) is 6.07 Å². The van der Waals surface area contributed by atoms with Crippen LogP contribution in [0.15, 0.2) is 30.6 Å². The average molecular weight is 264 g/mol. The lowest BCUT2D eigenvalue weighted by Gasteiger charge is -2.07. The standard InChI is InChI=1S/C12H13FN4S/c1-17-7-8(6-16-17)5-15-9-2-3-10(12(14)18)11(13)4-9/h2-4,6-7,15H,5H2,1H3,(H2,14,18). The fourth-order valence-electron chi connectivity index (χ4n) is 1.59. The maximum atomic E-state index is 13.6. The van der Waals surface area contributed by atoms with Gasteiger partial charge in [-0.05, 0) is 18.2 Å². The van der Waals surface area contributed by atoms with Crippen molar-refractivity contribution in [2.24, 2.45) is 12.8 Å². The first-order valence-electron chi connectivity index (χ1n) is 5.37. The van der Waals surface area contributed by atoms with E-state index in [0.29, 0.717) is 12.2 Å². The molecule has 3 N–H and O–H groups in total. The van der Waals surface area contributed by atoms with Crippen LogP contribution in [0.4, 0.5) is 10.1 Å². The van der Waals surface area contributed by atoms with Crippen molar-refractivity contribution in [2.75, 3.05) is 5.32 Å². The number of halogens is 1. The molecule has 4 nitrogen and oxygen atoms in total. The minimum Gasteiger partial charge on any atom is -0.389 e. The lowest BCUT2D eigenvalue weighted by Crippen LogP contribution is -2.11. The number of nitrogens with zero attached hydrogens (tertiary/aromatic N) is 2. The Kier molecular flexibility index (Phi) is 3.57. The molecule has 0 spiro atoms. The first-order chi connectivity index (χ1) is 8.56. The van der Waals surface area contributed by atoms with Crippen LogP contribution in [0.3, 0.4) is 0 Å². The van der Waals surface area contributed by atoms with Gasteiger partial charge < -0.3 is 11.1 Å². The van der Waals surface area contributed by atoms with Crippen LogP contribution in [0.5, 0.6) is 0 Å². The van der Waals surface area contributed by atoms with E-state index in [0.717, 1.165) is 5.56 Å². The molecule has 0 aliphatic carbocycles. The molecule has 0 unspecified atom stereocenters. The van der Waals surface area contributed by atoms with Crippen molar-refractivity contribution in [1.82, 2.24) is 9.78 Å². The van der Waals surface area contributed by atoms with Crippen LogP contribution in [0.1, 0.15) is 11.1 Å². The molecule has 6 heteroatoms. The second kappa shape index (κ2) is 5.14. The van der Waals surface area contributed by atoms with Crippen LogP contribution in [0.25, 0.3) is 0 Å². The van der Waals surface area contributed by atoms with Crippen molar-refractivity contribution in [1.29, 1.82) is 0 Å². The molecule has 0 saturated carbocycles. The van der Waals surface area contributed by atoms with Crippen LogP contribution in [-0.2, 0) is 13.6 Å². The van der Waals surface area contributed by atoms with Gasteiger partial charge in [0.15, 0.2) is 0 Å². The second-order valence-electron chi connectivity index (χ2n) is 3.93. The van der Waals surface area contributed by atoms with Crippen molar-refractivity contribution < 1.29 is 4.39 Å². The van der Waals surface area contributed by atoms with Gasteiger partial charge in [0.25, 0.3) is 0 Å². The number of hydrogen-bond acceptors (Lipinski definition) is 3. The smallest absolute Gasteiger partial charge is 0.135 e. The summed E-state index contributed by atoms with van der Waals surface area (Å²) in [6, 6.07) is 4.70. The van der Waals surface area contributed by atoms with E-state index in [4.69, 9.17) is 18.0 Å². The van der Waals surface area contributed by atoms with E-state index in [9.17, 15) is 4.39 Å². The normalized spacial score (nSPS) is 10.3. The zero-order chi connectivity index (χ0) is 13.1. The van der Waals surface area contributed by atoms with Gasteiger partial charge in [0.1, 0.15) is 10.8 Å². The number of hydrogen-bond donors (Lipinski definition) is 2. The summed E-state index contributed by atoms with van der Waals surface area (Å²) in [6.45, 7) is 0.583. The van der Waals surface area contributed by atoms with Gasteiger partial charge in [0.05, 0.1) is 6.20 Å². The van der Waals surface area contributed by atoms with E-state index in [2.05, 4.69) is 10.4 Å². The van der Waals surface area contributed by atoms with Gasteiger partial charge in [-0.1, -0.05) is 12.2 Å². The van der Waals surface area contributed by atoms with Gasteiger partial charge in [0, 0.05) is 36.6 Å². The summed E-state index contributed by atoms with van der Waals surface area (Å²) in [7, 11) is 1.85. The Morgan fingerprint density at radius 3 is 2.89 bits per heavy atom. The van der Waals surface area contributed by atoms with Gasteiger partial charge in [-0.2, -0.15) is 5.10 Å². The third kappa shape index (κ3) is 2.84. The highest BCUT2D eigenvalue weighted by molar-refractivity contribution is 7.80. The van der Waals surface area contributed by atoms with Crippen molar-refractivity contribution in [3.8, 4) is 0 Å². The number of aromatic nitrogens is 2. The predicted octanol–water partition coefficient (Wildman–Crippen LogP) is 1.81. The number of nitrogens with two attached hydrogens (primary N) is 1. The highest BCUT2D eigenvalue weighted by Gasteiger charge is 2.05. The van der Waals surface area contributed by atoms with Crippen LogP contribution in [-0.4, -0.2) is 14.8 Å². The number of rotatable bonds is 4. The minimum absolute atomic E-state index is 0.0614. The summed E-state index contributed by atoms with van der Waals surface area (Å²) in [5.41, 5.74) is 7.36. The Morgan fingerprint density at radius 2 is 2.33 bits per heavy atom. The minimum atomic E-state index is -0.418. The highest BCUT2D eigenvalue weighted by Crippen LogP contribution is 2.15. The van der Waals surface area contributed by atoms with Gasteiger partial charge >= 0.3 is 0 Å². The van der Waals surface area contributed by atoms with Crippen LogP contribution < -0.4 is 11.1 Å². The Balaban J connectivity index is 2.06. The summed E-state index contributed by atoms with van der Waals surface area (Å²) in [4.78, 5) is 0.0614. The fourth-order valence-corrected chi connectivity index (χ4v) is 1.76. The largest absolute Gasteiger partial charge is 0.389 e. The third-order valence-corrected chi connectivity index (χ3v) is 2.71. The molecular weight excluding hydrogens is 251 g/mol. The van der Waals surface area contributed by atoms with Gasteiger partial charge in [-0.25, -0.2) is 4.39 Å². The Labute approximate surface area is 110 Å². The van der Waals surface area contributed by atoms with Gasteiger partial charge in [-0.3, -0.25) is 4.68 Å². The molecule has 1 heterocycles. The zero-order valence-electron chi connectivity index (χ0n) is 9.85.